The molecule has 100 valence electrons. The first kappa shape index (κ1) is 11.9. The summed E-state index contributed by atoms with van der Waals surface area (Å²) < 4.78 is 0. The van der Waals surface area contributed by atoms with Crippen LogP contribution in [0.25, 0.3) is 33.7 Å². The molecule has 3 nitrogen and oxygen atoms in total. The molecule has 4 rings (SSSR count). The Morgan fingerprint density at radius 1 is 0.667 bits per heavy atom. The van der Waals surface area contributed by atoms with Gasteiger partial charge in [-0.15, -0.1) is 0 Å². The highest BCUT2D eigenvalue weighted by atomic mass is 14.8. The van der Waals surface area contributed by atoms with Gasteiger partial charge in [-0.3, -0.25) is 4.98 Å². The van der Waals surface area contributed by atoms with Gasteiger partial charge in [0.05, 0.1) is 28.3 Å². The predicted octanol–water partition coefficient (Wildman–Crippen LogP) is 4.29. The number of aromatic amines is 1. The lowest BCUT2D eigenvalue weighted by Crippen LogP contribution is -1.86. The maximum Gasteiger partial charge on any atom is 0.0872 e. The molecular formula is C18H13N3. The van der Waals surface area contributed by atoms with Gasteiger partial charge in [-0.05, 0) is 36.4 Å². The molecule has 3 heteroatoms. The van der Waals surface area contributed by atoms with Crippen molar-refractivity contribution in [2.75, 3.05) is 0 Å². The minimum absolute atomic E-state index is 0.935. The van der Waals surface area contributed by atoms with Gasteiger partial charge >= 0.3 is 0 Å². The van der Waals surface area contributed by atoms with E-state index in [0.717, 1.165) is 33.7 Å². The summed E-state index contributed by atoms with van der Waals surface area (Å²) in [5.74, 6) is 0. The van der Waals surface area contributed by atoms with Crippen LogP contribution >= 0.6 is 0 Å². The van der Waals surface area contributed by atoms with Gasteiger partial charge in [-0.1, -0.05) is 30.3 Å². The largest absolute Gasteiger partial charge is 0.352 e. The van der Waals surface area contributed by atoms with E-state index in [1.807, 2.05) is 54.6 Å². The van der Waals surface area contributed by atoms with Gasteiger partial charge < -0.3 is 4.98 Å². The Hall–Kier alpha value is -2.94. The summed E-state index contributed by atoms with van der Waals surface area (Å²) in [7, 11) is 0. The SMILES string of the molecule is c1ccc(-c2ccc(-c3ccc4ccccc4n3)[nH]2)nc1. The van der Waals surface area contributed by atoms with Crippen molar-refractivity contribution >= 4 is 10.9 Å². The van der Waals surface area contributed by atoms with Crippen LogP contribution in [0, 0.1) is 0 Å². The van der Waals surface area contributed by atoms with Crippen LogP contribution in [0.4, 0.5) is 0 Å². The molecular weight excluding hydrogens is 258 g/mol. The maximum atomic E-state index is 4.70. The van der Waals surface area contributed by atoms with Crippen LogP contribution in [0.5, 0.6) is 0 Å². The van der Waals surface area contributed by atoms with E-state index in [9.17, 15) is 0 Å². The Balaban J connectivity index is 1.77. The molecule has 1 N–H and O–H groups in total. The number of hydrogen-bond acceptors (Lipinski definition) is 2. The number of pyridine rings is 2. The van der Waals surface area contributed by atoms with Crippen LogP contribution in [0.15, 0.2) is 72.9 Å². The fraction of sp³-hybridized carbons (Fsp3) is 0. The second kappa shape index (κ2) is 4.87. The standard InChI is InChI=1S/C18H13N3/c1-2-6-14-13(5-1)8-9-17(20-14)18-11-10-16(21-18)15-7-3-4-12-19-15/h1-12,21H. The van der Waals surface area contributed by atoms with E-state index in [-0.39, 0.29) is 0 Å². The van der Waals surface area contributed by atoms with Crippen LogP contribution in [0.1, 0.15) is 0 Å². The normalized spacial score (nSPS) is 10.9. The van der Waals surface area contributed by atoms with Gasteiger partial charge in [0.2, 0.25) is 0 Å². The smallest absolute Gasteiger partial charge is 0.0872 e. The highest BCUT2D eigenvalue weighted by Gasteiger charge is 2.06. The molecule has 0 unspecified atom stereocenters. The number of fused-ring (bicyclic) bond motifs is 1. The Morgan fingerprint density at radius 3 is 2.33 bits per heavy atom. The number of nitrogens with zero attached hydrogens (tertiary/aromatic N) is 2. The molecule has 0 aliphatic carbocycles. The molecule has 4 aromatic rings. The summed E-state index contributed by atoms with van der Waals surface area (Å²) in [5, 5.41) is 1.15. The lowest BCUT2D eigenvalue weighted by Gasteiger charge is -2.01. The molecule has 0 spiro atoms. The number of aromatic nitrogens is 3. The molecule has 3 aromatic heterocycles. The van der Waals surface area contributed by atoms with E-state index in [1.54, 1.807) is 6.20 Å². The van der Waals surface area contributed by atoms with E-state index in [4.69, 9.17) is 4.98 Å². The van der Waals surface area contributed by atoms with Crippen molar-refractivity contribution in [1.29, 1.82) is 0 Å². The van der Waals surface area contributed by atoms with E-state index in [2.05, 4.69) is 22.1 Å². The highest BCUT2D eigenvalue weighted by molar-refractivity contribution is 5.81. The van der Waals surface area contributed by atoms with Crippen molar-refractivity contribution in [3.63, 3.8) is 0 Å². The molecule has 0 aliphatic heterocycles. The first-order chi connectivity index (χ1) is 10.4. The van der Waals surface area contributed by atoms with Gasteiger partial charge in [0, 0.05) is 11.6 Å². The minimum atomic E-state index is 0.935. The number of nitrogens with one attached hydrogen (secondary N) is 1. The highest BCUT2D eigenvalue weighted by Crippen LogP contribution is 2.23. The molecule has 0 atom stereocenters. The average molecular weight is 271 g/mol. The maximum absolute atomic E-state index is 4.70. The zero-order valence-electron chi connectivity index (χ0n) is 11.3. The third kappa shape index (κ3) is 2.19. The first-order valence-corrected chi connectivity index (χ1v) is 6.87. The minimum Gasteiger partial charge on any atom is -0.352 e. The molecule has 0 saturated carbocycles. The van der Waals surface area contributed by atoms with E-state index >= 15 is 0 Å². The van der Waals surface area contributed by atoms with Crippen LogP contribution in [-0.2, 0) is 0 Å². The zero-order chi connectivity index (χ0) is 14.1. The zero-order valence-corrected chi connectivity index (χ0v) is 11.3. The molecule has 3 heterocycles. The van der Waals surface area contributed by atoms with Crippen molar-refractivity contribution in [2.45, 2.75) is 0 Å². The fourth-order valence-electron chi connectivity index (χ4n) is 2.43. The Labute approximate surface area is 122 Å². The van der Waals surface area contributed by atoms with Gasteiger partial charge in [0.15, 0.2) is 0 Å². The lowest BCUT2D eigenvalue weighted by molar-refractivity contribution is 1.27. The van der Waals surface area contributed by atoms with Gasteiger partial charge in [0.25, 0.3) is 0 Å². The second-order valence-electron chi connectivity index (χ2n) is 4.89. The molecule has 0 fully saturated rings. The molecule has 0 radical (unpaired) electrons. The van der Waals surface area contributed by atoms with Crippen LogP contribution in [0.3, 0.4) is 0 Å². The molecule has 21 heavy (non-hydrogen) atoms. The summed E-state index contributed by atoms with van der Waals surface area (Å²) >= 11 is 0. The molecule has 1 aromatic carbocycles. The monoisotopic (exact) mass is 271 g/mol. The van der Waals surface area contributed by atoms with Crippen molar-refractivity contribution in [1.82, 2.24) is 15.0 Å². The third-order valence-corrected chi connectivity index (χ3v) is 3.50. The summed E-state index contributed by atoms with van der Waals surface area (Å²) in [6, 6.07) is 22.2. The van der Waals surface area contributed by atoms with Crippen LogP contribution in [-0.4, -0.2) is 15.0 Å². The van der Waals surface area contributed by atoms with E-state index < -0.39 is 0 Å². The van der Waals surface area contributed by atoms with Crippen molar-refractivity contribution in [2.24, 2.45) is 0 Å². The van der Waals surface area contributed by atoms with Gasteiger partial charge in [0.1, 0.15) is 0 Å². The fourth-order valence-corrected chi connectivity index (χ4v) is 2.43. The van der Waals surface area contributed by atoms with Crippen molar-refractivity contribution in [3.8, 4) is 22.8 Å². The predicted molar refractivity (Wildman–Crippen MR) is 84.8 cm³/mol. The number of H-pyrrole nitrogens is 1. The Bertz CT molecular complexity index is 894. The number of rotatable bonds is 2. The topological polar surface area (TPSA) is 41.6 Å². The summed E-state index contributed by atoms with van der Waals surface area (Å²) in [6.07, 6.45) is 1.80. The Morgan fingerprint density at radius 2 is 1.48 bits per heavy atom. The summed E-state index contributed by atoms with van der Waals surface area (Å²) in [4.78, 5) is 12.4. The first-order valence-electron chi connectivity index (χ1n) is 6.87. The van der Waals surface area contributed by atoms with E-state index in [0.29, 0.717) is 0 Å². The Kier molecular flexibility index (Phi) is 2.75. The van der Waals surface area contributed by atoms with Crippen molar-refractivity contribution in [3.05, 3.63) is 72.9 Å². The van der Waals surface area contributed by atoms with Crippen LogP contribution < -0.4 is 0 Å². The number of para-hydroxylation sites is 1. The average Bonchev–Trinajstić information content (AvgIpc) is 3.05. The third-order valence-electron chi connectivity index (χ3n) is 3.50. The molecule has 0 aliphatic rings. The second-order valence-corrected chi connectivity index (χ2v) is 4.89. The van der Waals surface area contributed by atoms with Crippen LogP contribution in [0.2, 0.25) is 0 Å². The lowest BCUT2D eigenvalue weighted by atomic mass is 10.2. The van der Waals surface area contributed by atoms with Crippen molar-refractivity contribution < 1.29 is 0 Å². The number of hydrogen-bond donors (Lipinski definition) is 1. The molecule has 0 amide bonds. The summed E-state index contributed by atoms with van der Waals surface area (Å²) in [6.45, 7) is 0. The van der Waals surface area contributed by atoms with E-state index in [1.165, 1.54) is 0 Å². The van der Waals surface area contributed by atoms with Gasteiger partial charge in [-0.25, -0.2) is 4.98 Å². The number of benzene rings is 1. The molecule has 0 saturated heterocycles. The summed E-state index contributed by atoms with van der Waals surface area (Å²) in [5.41, 5.74) is 4.88. The quantitative estimate of drug-likeness (QED) is 0.591. The molecule has 0 bridgehead atoms. The van der Waals surface area contributed by atoms with Gasteiger partial charge in [-0.2, -0.15) is 0 Å².